The fourth-order valence-electron chi connectivity index (χ4n) is 5.22. The van der Waals surface area contributed by atoms with Crippen molar-refractivity contribution in [3.63, 3.8) is 0 Å². The van der Waals surface area contributed by atoms with Crippen LogP contribution in [0.15, 0.2) is 76.8 Å². The predicted octanol–water partition coefficient (Wildman–Crippen LogP) is 5.45. The molecule has 2 atom stereocenters. The molecule has 3 aromatic rings. The van der Waals surface area contributed by atoms with E-state index in [2.05, 4.69) is 48.5 Å². The number of rotatable bonds is 7. The molecule has 1 aromatic heterocycles. The minimum Gasteiger partial charge on any atom is -0.343 e. The monoisotopic (exact) mass is 471 g/mol. The van der Waals surface area contributed by atoms with Crippen LogP contribution < -0.4 is 5.56 Å². The van der Waals surface area contributed by atoms with E-state index in [1.54, 1.807) is 26.2 Å². The Balaban J connectivity index is 1.61. The number of carbonyl (C=O) groups excluding carboxylic acids is 1. The normalized spacial score (nSPS) is 16.0. The molecule has 0 radical (unpaired) electrons. The number of nitrogens with zero attached hydrogens (tertiary/aromatic N) is 3. The number of benzene rings is 2. The van der Waals surface area contributed by atoms with E-state index in [9.17, 15) is 14.5 Å². The van der Waals surface area contributed by atoms with Gasteiger partial charge < -0.3 is 9.47 Å². The van der Waals surface area contributed by atoms with Crippen molar-refractivity contribution < 1.29 is 4.79 Å². The summed E-state index contributed by atoms with van der Waals surface area (Å²) in [5.41, 5.74) is 5.41. The molecule has 182 valence electrons. The smallest absolute Gasteiger partial charge is 0.250 e. The second-order valence-electron chi connectivity index (χ2n) is 9.62. The van der Waals surface area contributed by atoms with E-state index in [-0.39, 0.29) is 17.4 Å². The largest absolute Gasteiger partial charge is 0.343 e. The molecule has 2 aromatic carbocycles. The van der Waals surface area contributed by atoms with Crippen LogP contribution in [0.25, 0.3) is 0 Å². The molecule has 1 aliphatic rings. The maximum absolute atomic E-state index is 12.0. The predicted molar refractivity (Wildman–Crippen MR) is 139 cm³/mol. The lowest BCUT2D eigenvalue weighted by Gasteiger charge is -2.31. The first-order valence-corrected chi connectivity index (χ1v) is 12.3. The van der Waals surface area contributed by atoms with Gasteiger partial charge in [-0.2, -0.15) is 4.91 Å². The van der Waals surface area contributed by atoms with Gasteiger partial charge in [-0.15, -0.1) is 0 Å². The molecule has 6 heteroatoms. The Morgan fingerprint density at radius 2 is 1.66 bits per heavy atom. The highest BCUT2D eigenvalue weighted by molar-refractivity contribution is 5.73. The molecule has 0 saturated carbocycles. The molecule has 6 nitrogen and oxygen atoms in total. The number of pyridine rings is 1. The van der Waals surface area contributed by atoms with Gasteiger partial charge in [-0.25, -0.2) is 0 Å². The van der Waals surface area contributed by atoms with Crippen molar-refractivity contribution in [1.29, 1.82) is 0 Å². The molecule has 1 aliphatic heterocycles. The van der Waals surface area contributed by atoms with Gasteiger partial charge in [0.25, 0.3) is 0 Å². The summed E-state index contributed by atoms with van der Waals surface area (Å²) < 4.78 is 1.49. The maximum Gasteiger partial charge on any atom is 0.250 e. The van der Waals surface area contributed by atoms with Crippen molar-refractivity contribution in [2.45, 2.75) is 51.0 Å². The summed E-state index contributed by atoms with van der Waals surface area (Å²) in [6, 6.07) is 19.6. The van der Waals surface area contributed by atoms with E-state index >= 15 is 0 Å². The fourth-order valence-corrected chi connectivity index (χ4v) is 5.22. The highest BCUT2D eigenvalue weighted by Gasteiger charge is 2.25. The lowest BCUT2D eigenvalue weighted by atomic mass is 9.81. The topological polar surface area (TPSA) is 71.7 Å². The molecular formula is C29H33N3O3. The highest BCUT2D eigenvalue weighted by atomic mass is 16.3. The Morgan fingerprint density at radius 1 is 1.00 bits per heavy atom. The van der Waals surface area contributed by atoms with Gasteiger partial charge in [-0.3, -0.25) is 9.59 Å². The molecule has 4 rings (SSSR count). The summed E-state index contributed by atoms with van der Waals surface area (Å²) >= 11 is 0. The van der Waals surface area contributed by atoms with Crippen LogP contribution >= 0.6 is 0 Å². The van der Waals surface area contributed by atoms with Crippen LogP contribution in [-0.4, -0.2) is 28.5 Å². The Morgan fingerprint density at radius 3 is 2.26 bits per heavy atom. The lowest BCUT2D eigenvalue weighted by molar-refractivity contribution is -0.129. The molecule has 2 heterocycles. The first-order valence-electron chi connectivity index (χ1n) is 12.3. The molecule has 1 saturated heterocycles. The lowest BCUT2D eigenvalue weighted by Crippen LogP contribution is -2.36. The fraction of sp³-hybridized carbons (Fsp3) is 0.379. The third kappa shape index (κ3) is 5.59. The summed E-state index contributed by atoms with van der Waals surface area (Å²) in [6.45, 7) is 5.34. The third-order valence-electron chi connectivity index (χ3n) is 7.39. The quantitative estimate of drug-likeness (QED) is 0.430. The molecule has 0 spiro atoms. The minimum atomic E-state index is -0.568. The first kappa shape index (κ1) is 24.6. The van der Waals surface area contributed by atoms with E-state index in [1.165, 1.54) is 27.3 Å². The Bertz CT molecular complexity index is 1240. The summed E-state index contributed by atoms with van der Waals surface area (Å²) in [4.78, 5) is 37.4. The van der Waals surface area contributed by atoms with Crippen LogP contribution in [0.2, 0.25) is 0 Å². The molecule has 0 aliphatic carbocycles. The molecular weight excluding hydrogens is 438 g/mol. The van der Waals surface area contributed by atoms with E-state index < -0.39 is 6.04 Å². The Kier molecular flexibility index (Phi) is 7.59. The van der Waals surface area contributed by atoms with Gasteiger partial charge in [-0.1, -0.05) is 53.7 Å². The molecule has 1 fully saturated rings. The molecule has 0 bridgehead atoms. The van der Waals surface area contributed by atoms with E-state index in [4.69, 9.17) is 0 Å². The van der Waals surface area contributed by atoms with Gasteiger partial charge in [-0.05, 0) is 66.0 Å². The van der Waals surface area contributed by atoms with Gasteiger partial charge in [0.2, 0.25) is 11.5 Å². The number of aromatic nitrogens is 1. The Labute approximate surface area is 206 Å². The van der Waals surface area contributed by atoms with Crippen molar-refractivity contribution in [3.05, 3.63) is 110 Å². The van der Waals surface area contributed by atoms with E-state index in [1.807, 2.05) is 17.0 Å². The van der Waals surface area contributed by atoms with Gasteiger partial charge in [0, 0.05) is 45.2 Å². The maximum atomic E-state index is 12.0. The van der Waals surface area contributed by atoms with Gasteiger partial charge in [0.1, 0.15) is 6.04 Å². The summed E-state index contributed by atoms with van der Waals surface area (Å²) in [6.07, 6.45) is 4.18. The molecule has 0 N–H and O–H groups in total. The number of nitroso groups, excluding NO2 is 1. The number of likely N-dealkylation sites (tertiary alicyclic amines) is 1. The number of carbonyl (C=O) groups is 1. The van der Waals surface area contributed by atoms with Crippen LogP contribution in [0.4, 0.5) is 0 Å². The molecule has 1 amide bonds. The summed E-state index contributed by atoms with van der Waals surface area (Å²) in [5, 5.41) is 3.46. The zero-order valence-corrected chi connectivity index (χ0v) is 20.7. The van der Waals surface area contributed by atoms with Crippen LogP contribution in [0.5, 0.6) is 0 Å². The second-order valence-corrected chi connectivity index (χ2v) is 9.62. The SMILES string of the molecule is CC(=O)N1CCC(c2ccc([C@@H](CC(N=O)c3ccc(=O)n(C)c3)c3ccccc3C)cc2)CC1. The zero-order valence-electron chi connectivity index (χ0n) is 20.7. The average molecular weight is 472 g/mol. The van der Waals surface area contributed by atoms with Gasteiger partial charge >= 0.3 is 0 Å². The molecule has 1 unspecified atom stereocenters. The third-order valence-corrected chi connectivity index (χ3v) is 7.39. The minimum absolute atomic E-state index is 0.00950. The zero-order chi connectivity index (χ0) is 24.9. The Hall–Kier alpha value is -3.54. The average Bonchev–Trinajstić information content (AvgIpc) is 2.87. The number of aryl methyl sites for hydroxylation is 2. The highest BCUT2D eigenvalue weighted by Crippen LogP contribution is 2.38. The van der Waals surface area contributed by atoms with Crippen molar-refractivity contribution >= 4 is 5.91 Å². The van der Waals surface area contributed by atoms with E-state index in [0.717, 1.165) is 37.1 Å². The van der Waals surface area contributed by atoms with Crippen LogP contribution in [0.3, 0.4) is 0 Å². The van der Waals surface area contributed by atoms with Crippen LogP contribution in [0.1, 0.15) is 71.9 Å². The molecule has 35 heavy (non-hydrogen) atoms. The van der Waals surface area contributed by atoms with Crippen LogP contribution in [-0.2, 0) is 11.8 Å². The van der Waals surface area contributed by atoms with Gasteiger partial charge in [0.05, 0.1) is 0 Å². The summed E-state index contributed by atoms with van der Waals surface area (Å²) in [7, 11) is 1.69. The van der Waals surface area contributed by atoms with Crippen molar-refractivity contribution in [2.24, 2.45) is 12.2 Å². The first-order chi connectivity index (χ1) is 16.9. The number of hydrogen-bond donors (Lipinski definition) is 0. The second kappa shape index (κ2) is 10.8. The number of hydrogen-bond acceptors (Lipinski definition) is 4. The van der Waals surface area contributed by atoms with E-state index in [0.29, 0.717) is 12.3 Å². The van der Waals surface area contributed by atoms with Crippen molar-refractivity contribution in [3.8, 4) is 0 Å². The van der Waals surface area contributed by atoms with Crippen molar-refractivity contribution in [1.82, 2.24) is 9.47 Å². The van der Waals surface area contributed by atoms with Gasteiger partial charge in [0.15, 0.2) is 0 Å². The number of amides is 1. The van der Waals surface area contributed by atoms with Crippen LogP contribution in [0, 0.1) is 11.8 Å². The standard InChI is InChI=1S/C29H33N3O3/c1-20-6-4-5-7-26(20)27(18-28(30-35)25-12-13-29(34)31(3)19-25)24-10-8-22(9-11-24)23-14-16-32(17-15-23)21(2)33/h4-13,19,23,27-28H,14-18H2,1-3H3/t27-,28?/m1/s1. The van der Waals surface area contributed by atoms with Crippen molar-refractivity contribution in [2.75, 3.05) is 13.1 Å². The summed E-state index contributed by atoms with van der Waals surface area (Å²) in [5.74, 6) is 0.591. The number of piperidine rings is 1.